The van der Waals surface area contributed by atoms with E-state index in [0.29, 0.717) is 19.0 Å². The van der Waals surface area contributed by atoms with E-state index in [2.05, 4.69) is 27.5 Å². The lowest BCUT2D eigenvalue weighted by Crippen LogP contribution is -2.39. The van der Waals surface area contributed by atoms with Gasteiger partial charge in [0.05, 0.1) is 12.3 Å². The smallest absolute Gasteiger partial charge is 0.216 e. The summed E-state index contributed by atoms with van der Waals surface area (Å²) in [5, 5.41) is 6.42. The van der Waals surface area contributed by atoms with Crippen LogP contribution in [0, 0.1) is 13.8 Å². The number of aryl methyl sites for hydroxylation is 2. The molecule has 0 aromatic carbocycles. The Kier molecular flexibility index (Phi) is 12.2. The molecule has 22 heavy (non-hydrogen) atoms. The van der Waals surface area contributed by atoms with E-state index in [-0.39, 0.29) is 24.0 Å². The molecule has 1 aromatic heterocycles. The third-order valence-electron chi connectivity index (χ3n) is 2.97. The Hall–Kier alpha value is -0.830. The number of unbranched alkanes of at least 4 members (excludes halogenated alkanes) is 1. The van der Waals surface area contributed by atoms with Crippen LogP contribution in [0.2, 0.25) is 0 Å². The van der Waals surface area contributed by atoms with Gasteiger partial charge in [0.25, 0.3) is 0 Å². The molecule has 2 N–H and O–H groups in total. The number of oxazole rings is 1. The molecule has 128 valence electrons. The van der Waals surface area contributed by atoms with E-state index in [4.69, 9.17) is 9.15 Å². The van der Waals surface area contributed by atoms with E-state index in [1.165, 1.54) is 0 Å². The highest BCUT2D eigenvalue weighted by atomic mass is 127. The fourth-order valence-electron chi connectivity index (χ4n) is 1.69. The molecule has 0 atom stereocenters. The Labute approximate surface area is 150 Å². The number of ether oxygens (including phenoxy) is 1. The van der Waals surface area contributed by atoms with E-state index in [9.17, 15) is 0 Å². The number of nitrogens with one attached hydrogen (secondary N) is 2. The first-order chi connectivity index (χ1) is 10.2. The minimum Gasteiger partial charge on any atom is -0.444 e. The number of nitrogens with zero attached hydrogens (tertiary/aromatic N) is 2. The van der Waals surface area contributed by atoms with Gasteiger partial charge in [0, 0.05) is 19.7 Å². The maximum atomic E-state index is 5.51. The standard InChI is InChI=1S/C15H28N4O2.HI/c1-5-7-9-20-10-8-17-15(16-6-2)18-11-14-19-12(3)13(4)21-14;/h5-11H2,1-4H3,(H2,16,17,18);1H. The lowest BCUT2D eigenvalue weighted by molar-refractivity contribution is 0.136. The molecule has 7 heteroatoms. The van der Waals surface area contributed by atoms with Gasteiger partial charge in [-0.05, 0) is 27.2 Å². The Morgan fingerprint density at radius 2 is 2.00 bits per heavy atom. The summed E-state index contributed by atoms with van der Waals surface area (Å²) < 4.78 is 11.0. The van der Waals surface area contributed by atoms with Gasteiger partial charge in [0.1, 0.15) is 12.3 Å². The number of rotatable bonds is 9. The second-order valence-corrected chi connectivity index (χ2v) is 4.84. The van der Waals surface area contributed by atoms with E-state index in [0.717, 1.165) is 50.0 Å². The summed E-state index contributed by atoms with van der Waals surface area (Å²) in [5.41, 5.74) is 0.919. The largest absolute Gasteiger partial charge is 0.444 e. The van der Waals surface area contributed by atoms with Crippen molar-refractivity contribution in [2.24, 2.45) is 4.99 Å². The summed E-state index contributed by atoms with van der Waals surface area (Å²) in [7, 11) is 0. The van der Waals surface area contributed by atoms with Crippen LogP contribution in [0.3, 0.4) is 0 Å². The van der Waals surface area contributed by atoms with Crippen molar-refractivity contribution in [3.8, 4) is 0 Å². The van der Waals surface area contributed by atoms with Gasteiger partial charge in [-0.25, -0.2) is 9.98 Å². The Bertz CT molecular complexity index is 416. The topological polar surface area (TPSA) is 71.7 Å². The zero-order valence-corrected chi connectivity index (χ0v) is 16.4. The summed E-state index contributed by atoms with van der Waals surface area (Å²) in [5.74, 6) is 2.24. The highest BCUT2D eigenvalue weighted by Gasteiger charge is 2.05. The van der Waals surface area contributed by atoms with Crippen LogP contribution in [-0.2, 0) is 11.3 Å². The van der Waals surface area contributed by atoms with Crippen molar-refractivity contribution in [3.63, 3.8) is 0 Å². The molecule has 1 rings (SSSR count). The second-order valence-electron chi connectivity index (χ2n) is 4.84. The SMILES string of the molecule is CCCCOCCNC(=NCc1nc(C)c(C)o1)NCC.I. The highest BCUT2D eigenvalue weighted by molar-refractivity contribution is 14.0. The van der Waals surface area contributed by atoms with Gasteiger partial charge < -0.3 is 19.8 Å². The van der Waals surface area contributed by atoms with Crippen LogP contribution in [-0.4, -0.2) is 37.2 Å². The number of hydrogen-bond acceptors (Lipinski definition) is 4. The van der Waals surface area contributed by atoms with Crippen molar-refractivity contribution in [2.45, 2.75) is 47.1 Å². The summed E-state index contributed by atoms with van der Waals surface area (Å²) in [6.45, 7) is 11.5. The fraction of sp³-hybridized carbons (Fsp3) is 0.733. The van der Waals surface area contributed by atoms with Gasteiger partial charge in [-0.2, -0.15) is 0 Å². The second kappa shape index (κ2) is 12.7. The van der Waals surface area contributed by atoms with Crippen LogP contribution >= 0.6 is 24.0 Å². The first-order valence-electron chi connectivity index (χ1n) is 7.70. The predicted octanol–water partition coefficient (Wildman–Crippen LogP) is 2.78. The third kappa shape index (κ3) is 8.57. The quantitative estimate of drug-likeness (QED) is 0.276. The predicted molar refractivity (Wildman–Crippen MR) is 99.9 cm³/mol. The van der Waals surface area contributed by atoms with Crippen molar-refractivity contribution in [2.75, 3.05) is 26.3 Å². The van der Waals surface area contributed by atoms with Crippen LogP contribution in [0.25, 0.3) is 0 Å². The van der Waals surface area contributed by atoms with Crippen LogP contribution in [0.4, 0.5) is 0 Å². The summed E-state index contributed by atoms with van der Waals surface area (Å²) in [6, 6.07) is 0. The minimum absolute atomic E-state index is 0. The molecule has 1 heterocycles. The van der Waals surface area contributed by atoms with Crippen molar-refractivity contribution < 1.29 is 9.15 Å². The lowest BCUT2D eigenvalue weighted by atomic mass is 10.4. The lowest BCUT2D eigenvalue weighted by Gasteiger charge is -2.11. The van der Waals surface area contributed by atoms with E-state index >= 15 is 0 Å². The molecule has 0 aliphatic rings. The average Bonchev–Trinajstić information content (AvgIpc) is 2.79. The number of aromatic nitrogens is 1. The molecule has 0 bridgehead atoms. The molecule has 0 fully saturated rings. The molecule has 0 unspecified atom stereocenters. The maximum Gasteiger partial charge on any atom is 0.216 e. The Morgan fingerprint density at radius 1 is 1.23 bits per heavy atom. The zero-order chi connectivity index (χ0) is 15.5. The van der Waals surface area contributed by atoms with Gasteiger partial charge in [-0.3, -0.25) is 0 Å². The normalized spacial score (nSPS) is 11.2. The molecule has 0 aliphatic carbocycles. The molecule has 0 aliphatic heterocycles. The number of hydrogen-bond donors (Lipinski definition) is 2. The molecule has 0 spiro atoms. The number of aliphatic imine (C=N–C) groups is 1. The van der Waals surface area contributed by atoms with Gasteiger partial charge in [-0.1, -0.05) is 13.3 Å². The summed E-state index contributed by atoms with van der Waals surface area (Å²) in [4.78, 5) is 8.77. The van der Waals surface area contributed by atoms with Crippen LogP contribution in [0.5, 0.6) is 0 Å². The molecule has 0 saturated carbocycles. The summed E-state index contributed by atoms with van der Waals surface area (Å²) >= 11 is 0. The molecule has 1 aromatic rings. The van der Waals surface area contributed by atoms with Crippen molar-refractivity contribution >= 4 is 29.9 Å². The first kappa shape index (κ1) is 21.2. The van der Waals surface area contributed by atoms with Crippen molar-refractivity contribution in [1.29, 1.82) is 0 Å². The number of halogens is 1. The number of guanidine groups is 1. The van der Waals surface area contributed by atoms with Crippen molar-refractivity contribution in [3.05, 3.63) is 17.3 Å². The van der Waals surface area contributed by atoms with Crippen LogP contribution < -0.4 is 10.6 Å². The van der Waals surface area contributed by atoms with E-state index < -0.39 is 0 Å². The maximum absolute atomic E-state index is 5.51. The molecule has 0 radical (unpaired) electrons. The van der Waals surface area contributed by atoms with E-state index in [1.807, 2.05) is 20.8 Å². The third-order valence-corrected chi connectivity index (χ3v) is 2.97. The molecule has 6 nitrogen and oxygen atoms in total. The van der Waals surface area contributed by atoms with Gasteiger partial charge in [0.15, 0.2) is 5.96 Å². The molecular weight excluding hydrogens is 395 g/mol. The van der Waals surface area contributed by atoms with Gasteiger partial charge in [-0.15, -0.1) is 24.0 Å². The fourth-order valence-corrected chi connectivity index (χ4v) is 1.69. The van der Waals surface area contributed by atoms with Gasteiger partial charge >= 0.3 is 0 Å². The van der Waals surface area contributed by atoms with Crippen molar-refractivity contribution in [1.82, 2.24) is 15.6 Å². The molecule has 0 saturated heterocycles. The van der Waals surface area contributed by atoms with Crippen LogP contribution in [0.15, 0.2) is 9.41 Å². The molecular formula is C15H29IN4O2. The minimum atomic E-state index is 0. The highest BCUT2D eigenvalue weighted by Crippen LogP contribution is 2.08. The van der Waals surface area contributed by atoms with Gasteiger partial charge in [0.2, 0.25) is 5.89 Å². The zero-order valence-electron chi connectivity index (χ0n) is 14.1. The van der Waals surface area contributed by atoms with E-state index in [1.54, 1.807) is 0 Å². The Balaban J connectivity index is 0.00000441. The monoisotopic (exact) mass is 424 g/mol. The van der Waals surface area contributed by atoms with Crippen LogP contribution in [0.1, 0.15) is 44.0 Å². The average molecular weight is 424 g/mol. The molecule has 0 amide bonds. The first-order valence-corrected chi connectivity index (χ1v) is 7.70. The Morgan fingerprint density at radius 3 is 2.59 bits per heavy atom. The summed E-state index contributed by atoms with van der Waals surface area (Å²) in [6.07, 6.45) is 2.27.